The molecule has 0 saturated heterocycles. The topological polar surface area (TPSA) is 63.7 Å². The van der Waals surface area contributed by atoms with Crippen molar-refractivity contribution in [3.05, 3.63) is 70.8 Å². The highest BCUT2D eigenvalue weighted by atomic mass is 16.5. The summed E-state index contributed by atoms with van der Waals surface area (Å²) in [5, 5.41) is 0. The summed E-state index contributed by atoms with van der Waals surface area (Å²) in [7, 11) is 1.26. The van der Waals surface area contributed by atoms with E-state index in [1.165, 1.54) is 7.11 Å². The summed E-state index contributed by atoms with van der Waals surface area (Å²) in [6, 6.07) is 14.2. The van der Waals surface area contributed by atoms with Crippen molar-refractivity contribution in [1.82, 2.24) is 4.90 Å². The van der Waals surface area contributed by atoms with Gasteiger partial charge in [-0.15, -0.1) is 0 Å². The van der Waals surface area contributed by atoms with E-state index in [1.54, 1.807) is 31.2 Å². The van der Waals surface area contributed by atoms with Crippen LogP contribution in [-0.4, -0.2) is 35.3 Å². The number of benzene rings is 2. The van der Waals surface area contributed by atoms with Crippen molar-refractivity contribution in [2.45, 2.75) is 25.8 Å². The molecule has 1 aliphatic heterocycles. The van der Waals surface area contributed by atoms with Crippen molar-refractivity contribution in [2.75, 3.05) is 7.11 Å². The van der Waals surface area contributed by atoms with Crippen LogP contribution < -0.4 is 0 Å². The number of fused-ring (bicyclic) bond motifs is 1. The Morgan fingerprint density at radius 2 is 1.64 bits per heavy atom. The number of carbonyl (C=O) groups is 3. The van der Waals surface area contributed by atoms with E-state index >= 15 is 0 Å². The number of esters is 1. The number of rotatable bonds is 4. The third kappa shape index (κ3) is 2.71. The molecule has 3 rings (SSSR count). The van der Waals surface area contributed by atoms with Crippen LogP contribution >= 0.6 is 0 Å². The molecule has 5 nitrogen and oxygen atoms in total. The van der Waals surface area contributed by atoms with Gasteiger partial charge in [0.2, 0.25) is 0 Å². The Morgan fingerprint density at radius 3 is 2.16 bits per heavy atom. The number of nitrogens with zero attached hydrogens (tertiary/aromatic N) is 1. The Morgan fingerprint density at radius 1 is 1.04 bits per heavy atom. The van der Waals surface area contributed by atoms with Gasteiger partial charge >= 0.3 is 5.97 Å². The predicted molar refractivity (Wildman–Crippen MR) is 92.2 cm³/mol. The van der Waals surface area contributed by atoms with Gasteiger partial charge in [-0.2, -0.15) is 0 Å². The smallest absolute Gasteiger partial charge is 0.332 e. The number of imide groups is 1. The summed E-state index contributed by atoms with van der Waals surface area (Å²) >= 11 is 0. The Hall–Kier alpha value is -2.95. The molecule has 2 aromatic carbocycles. The van der Waals surface area contributed by atoms with Gasteiger partial charge in [0.05, 0.1) is 18.2 Å². The summed E-state index contributed by atoms with van der Waals surface area (Å²) in [4.78, 5) is 39.3. The highest BCUT2D eigenvalue weighted by molar-refractivity contribution is 6.23. The monoisotopic (exact) mass is 337 g/mol. The minimum atomic E-state index is -1.42. The number of hydrogen-bond acceptors (Lipinski definition) is 4. The Labute approximate surface area is 146 Å². The molecule has 1 unspecified atom stereocenters. The third-order valence-electron chi connectivity index (χ3n) is 4.54. The highest BCUT2D eigenvalue weighted by Gasteiger charge is 2.51. The van der Waals surface area contributed by atoms with Gasteiger partial charge in [0.1, 0.15) is 5.54 Å². The van der Waals surface area contributed by atoms with Crippen molar-refractivity contribution in [3.8, 4) is 0 Å². The molecule has 0 fully saturated rings. The summed E-state index contributed by atoms with van der Waals surface area (Å²) in [5.41, 5.74) is 1.09. The fourth-order valence-corrected chi connectivity index (χ4v) is 3.32. The van der Waals surface area contributed by atoms with E-state index in [2.05, 4.69) is 0 Å². The van der Waals surface area contributed by atoms with Crippen LogP contribution in [0.4, 0.5) is 0 Å². The number of methoxy groups -OCH3 is 1. The second kappa shape index (κ2) is 6.16. The number of aryl methyl sites for hydroxylation is 1. The molecule has 5 heteroatoms. The van der Waals surface area contributed by atoms with Crippen LogP contribution in [0, 0.1) is 6.92 Å². The van der Waals surface area contributed by atoms with Crippen LogP contribution in [0.15, 0.2) is 48.5 Å². The molecule has 0 aliphatic carbocycles. The molecule has 25 heavy (non-hydrogen) atoms. The first-order valence-corrected chi connectivity index (χ1v) is 8.00. The van der Waals surface area contributed by atoms with Crippen LogP contribution in [0.3, 0.4) is 0 Å². The molecular formula is C20H19NO4. The lowest BCUT2D eigenvalue weighted by Crippen LogP contribution is -2.57. The predicted octanol–water partition coefficient (Wildman–Crippen LogP) is 2.77. The van der Waals surface area contributed by atoms with Crippen LogP contribution in [0.1, 0.15) is 38.8 Å². The molecule has 0 bridgehead atoms. The molecular weight excluding hydrogens is 318 g/mol. The van der Waals surface area contributed by atoms with Gasteiger partial charge in [0.25, 0.3) is 11.8 Å². The van der Waals surface area contributed by atoms with Gasteiger partial charge in [0, 0.05) is 6.42 Å². The molecule has 0 aromatic heterocycles. The molecule has 1 atom stereocenters. The zero-order chi connectivity index (χ0) is 18.2. The molecule has 1 aliphatic rings. The molecule has 0 radical (unpaired) electrons. The van der Waals surface area contributed by atoms with E-state index in [9.17, 15) is 14.4 Å². The maximum absolute atomic E-state index is 12.8. The lowest BCUT2D eigenvalue weighted by molar-refractivity contribution is -0.151. The fraction of sp³-hybridized carbons (Fsp3) is 0.250. The van der Waals surface area contributed by atoms with Gasteiger partial charge in [0.15, 0.2) is 0 Å². The molecule has 128 valence electrons. The Kier molecular flexibility index (Phi) is 4.17. The van der Waals surface area contributed by atoms with Crippen molar-refractivity contribution < 1.29 is 19.1 Å². The van der Waals surface area contributed by atoms with Gasteiger partial charge in [-0.1, -0.05) is 42.0 Å². The minimum Gasteiger partial charge on any atom is -0.467 e. The van der Waals surface area contributed by atoms with E-state index in [4.69, 9.17) is 4.74 Å². The maximum atomic E-state index is 12.8. The number of carbonyl (C=O) groups excluding carboxylic acids is 3. The van der Waals surface area contributed by atoms with Crippen molar-refractivity contribution in [1.29, 1.82) is 0 Å². The maximum Gasteiger partial charge on any atom is 0.332 e. The van der Waals surface area contributed by atoms with E-state index in [0.29, 0.717) is 11.1 Å². The van der Waals surface area contributed by atoms with Crippen molar-refractivity contribution in [3.63, 3.8) is 0 Å². The average molecular weight is 337 g/mol. The molecule has 1 heterocycles. The molecule has 2 aromatic rings. The highest BCUT2D eigenvalue weighted by Crippen LogP contribution is 2.32. The van der Waals surface area contributed by atoms with E-state index < -0.39 is 23.3 Å². The summed E-state index contributed by atoms with van der Waals surface area (Å²) in [6.07, 6.45) is 0.187. The van der Waals surface area contributed by atoms with Gasteiger partial charge in [-0.05, 0) is 31.5 Å². The summed E-state index contributed by atoms with van der Waals surface area (Å²) in [5.74, 6) is -1.56. The quantitative estimate of drug-likeness (QED) is 0.636. The lowest BCUT2D eigenvalue weighted by atomic mass is 9.90. The molecule has 2 amide bonds. The second-order valence-electron chi connectivity index (χ2n) is 6.42. The van der Waals surface area contributed by atoms with Crippen LogP contribution in [0.5, 0.6) is 0 Å². The normalized spacial score (nSPS) is 15.7. The zero-order valence-electron chi connectivity index (χ0n) is 14.4. The van der Waals surface area contributed by atoms with Crippen LogP contribution in [-0.2, 0) is 16.0 Å². The van der Waals surface area contributed by atoms with E-state index in [-0.39, 0.29) is 6.42 Å². The van der Waals surface area contributed by atoms with E-state index in [1.807, 2.05) is 31.2 Å². The molecule has 0 spiro atoms. The minimum absolute atomic E-state index is 0.187. The fourth-order valence-electron chi connectivity index (χ4n) is 3.32. The molecule has 0 N–H and O–H groups in total. The second-order valence-corrected chi connectivity index (χ2v) is 6.42. The average Bonchev–Trinajstić information content (AvgIpc) is 2.86. The lowest BCUT2D eigenvalue weighted by Gasteiger charge is -2.34. The van der Waals surface area contributed by atoms with Crippen molar-refractivity contribution in [2.24, 2.45) is 0 Å². The van der Waals surface area contributed by atoms with Gasteiger partial charge in [-0.3, -0.25) is 14.5 Å². The number of amides is 2. The standard InChI is InChI=1S/C20H19NO4/c1-13-7-6-8-14(11-13)12-20(2,19(24)25-3)21-17(22)15-9-4-5-10-16(15)18(21)23/h4-11H,12H2,1-3H3. The Balaban J connectivity index is 2.06. The van der Waals surface area contributed by atoms with Crippen LogP contribution in [0.25, 0.3) is 0 Å². The van der Waals surface area contributed by atoms with E-state index in [0.717, 1.165) is 16.0 Å². The first-order chi connectivity index (χ1) is 11.9. The van der Waals surface area contributed by atoms with Gasteiger partial charge < -0.3 is 4.74 Å². The summed E-state index contributed by atoms with van der Waals surface area (Å²) in [6.45, 7) is 3.52. The molecule has 0 saturated carbocycles. The zero-order valence-corrected chi connectivity index (χ0v) is 14.4. The SMILES string of the molecule is COC(=O)C(C)(Cc1cccc(C)c1)N1C(=O)c2ccccc2C1=O. The van der Waals surface area contributed by atoms with Crippen LogP contribution in [0.2, 0.25) is 0 Å². The third-order valence-corrected chi connectivity index (χ3v) is 4.54. The number of hydrogen-bond donors (Lipinski definition) is 0. The first-order valence-electron chi connectivity index (χ1n) is 8.00. The van der Waals surface area contributed by atoms with Gasteiger partial charge in [-0.25, -0.2) is 4.79 Å². The number of ether oxygens (including phenoxy) is 1. The first kappa shape index (κ1) is 16.9. The largest absolute Gasteiger partial charge is 0.467 e. The Bertz CT molecular complexity index is 839. The summed E-state index contributed by atoms with van der Waals surface area (Å²) < 4.78 is 4.94. The van der Waals surface area contributed by atoms with Crippen molar-refractivity contribution >= 4 is 17.8 Å².